The van der Waals surface area contributed by atoms with Crippen molar-refractivity contribution in [3.63, 3.8) is 0 Å². The number of halogens is 2. The Kier molecular flexibility index (Phi) is 9.20. The fourth-order valence-corrected chi connectivity index (χ4v) is 3.35. The second kappa shape index (κ2) is 10.6. The minimum absolute atomic E-state index is 0. The first-order chi connectivity index (χ1) is 11.3. The lowest BCUT2D eigenvalue weighted by Gasteiger charge is -2.30. The van der Waals surface area contributed by atoms with Crippen LogP contribution in [-0.4, -0.2) is 11.8 Å². The molecule has 2 N–H and O–H groups in total. The van der Waals surface area contributed by atoms with Crippen LogP contribution in [0.25, 0.3) is 0 Å². The maximum atomic E-state index is 6.53. The number of rotatable bonds is 5. The monoisotopic (exact) mass is 378 g/mol. The molecule has 0 radical (unpaired) electrons. The Labute approximate surface area is 163 Å². The van der Waals surface area contributed by atoms with Gasteiger partial charge in [0.25, 0.3) is 0 Å². The molecule has 0 amide bonds. The molecule has 0 aliphatic heterocycles. The number of hydrogen-bond donors (Lipinski definition) is 1. The van der Waals surface area contributed by atoms with E-state index in [0.29, 0.717) is 0 Å². The maximum Gasteiger partial charge on any atom is 0.0786 e. The highest BCUT2D eigenvalue weighted by molar-refractivity contribution is 5.85. The van der Waals surface area contributed by atoms with Gasteiger partial charge >= 0.3 is 0 Å². The fraction of sp³-hybridized carbons (Fsp3) is 0.381. The summed E-state index contributed by atoms with van der Waals surface area (Å²) >= 11 is 0. The van der Waals surface area contributed by atoms with Crippen LogP contribution in [0.15, 0.2) is 65.7 Å². The lowest BCUT2D eigenvalue weighted by atomic mass is 9.83. The Balaban J connectivity index is 0.00000156. The zero-order chi connectivity index (χ0) is 16.0. The van der Waals surface area contributed by atoms with Crippen molar-refractivity contribution in [3.8, 4) is 0 Å². The summed E-state index contributed by atoms with van der Waals surface area (Å²) in [6, 6.07) is 21.3. The molecule has 3 rings (SSSR count). The van der Waals surface area contributed by atoms with Crippen LogP contribution in [0.5, 0.6) is 0 Å². The Bertz CT molecular complexity index is 623. The van der Waals surface area contributed by atoms with E-state index in [9.17, 15) is 0 Å². The van der Waals surface area contributed by atoms with Gasteiger partial charge in [0.15, 0.2) is 0 Å². The molecule has 1 aliphatic carbocycles. The molecule has 25 heavy (non-hydrogen) atoms. The van der Waals surface area contributed by atoms with E-state index in [0.717, 1.165) is 19.3 Å². The average molecular weight is 379 g/mol. The number of hydrogen-bond acceptors (Lipinski definition) is 2. The van der Waals surface area contributed by atoms with Gasteiger partial charge in [-0.1, -0.05) is 79.9 Å². The summed E-state index contributed by atoms with van der Waals surface area (Å²) in [4.78, 5) is 4.93. The van der Waals surface area contributed by atoms with Gasteiger partial charge in [0.05, 0.1) is 11.6 Å². The van der Waals surface area contributed by atoms with E-state index in [1.807, 2.05) is 6.21 Å². The van der Waals surface area contributed by atoms with Crippen molar-refractivity contribution >= 4 is 31.0 Å². The molecule has 2 nitrogen and oxygen atoms in total. The van der Waals surface area contributed by atoms with E-state index >= 15 is 0 Å². The molecule has 0 aromatic heterocycles. The third-order valence-corrected chi connectivity index (χ3v) is 4.75. The Hall–Kier alpha value is -1.35. The molecule has 0 saturated heterocycles. The molecule has 1 aliphatic rings. The minimum atomic E-state index is -0.206. The zero-order valence-electron chi connectivity index (χ0n) is 14.5. The highest BCUT2D eigenvalue weighted by atomic mass is 35.5. The van der Waals surface area contributed by atoms with Crippen molar-refractivity contribution in [2.45, 2.75) is 50.1 Å². The van der Waals surface area contributed by atoms with Crippen LogP contribution in [0.1, 0.15) is 49.3 Å². The maximum absolute atomic E-state index is 6.53. The third kappa shape index (κ3) is 6.47. The first-order valence-electron chi connectivity index (χ1n) is 8.67. The first kappa shape index (κ1) is 21.7. The van der Waals surface area contributed by atoms with E-state index in [-0.39, 0.29) is 36.4 Å². The summed E-state index contributed by atoms with van der Waals surface area (Å²) in [5.41, 5.74) is 8.89. The second-order valence-corrected chi connectivity index (χ2v) is 6.69. The van der Waals surface area contributed by atoms with Crippen LogP contribution in [0.4, 0.5) is 0 Å². The van der Waals surface area contributed by atoms with Crippen molar-refractivity contribution in [1.29, 1.82) is 0 Å². The van der Waals surface area contributed by atoms with Gasteiger partial charge in [-0.05, 0) is 30.4 Å². The Morgan fingerprint density at radius 3 is 2.04 bits per heavy atom. The number of nitrogens with zero attached hydrogens (tertiary/aromatic N) is 1. The van der Waals surface area contributed by atoms with Gasteiger partial charge in [-0.2, -0.15) is 0 Å². The van der Waals surface area contributed by atoms with Crippen molar-refractivity contribution in [3.05, 3.63) is 71.8 Å². The molecule has 1 atom stereocenters. The quantitative estimate of drug-likeness (QED) is 0.680. The zero-order valence-corrected chi connectivity index (χ0v) is 16.1. The van der Waals surface area contributed by atoms with Gasteiger partial charge in [0, 0.05) is 6.21 Å². The summed E-state index contributed by atoms with van der Waals surface area (Å²) in [6.07, 6.45) is 8.82. The normalized spacial score (nSPS) is 17.3. The van der Waals surface area contributed by atoms with Crippen molar-refractivity contribution in [2.24, 2.45) is 10.7 Å². The van der Waals surface area contributed by atoms with E-state index in [4.69, 9.17) is 10.7 Å². The molecule has 0 bridgehead atoms. The Morgan fingerprint density at radius 2 is 1.44 bits per heavy atom. The van der Waals surface area contributed by atoms with Crippen LogP contribution >= 0.6 is 24.8 Å². The van der Waals surface area contributed by atoms with Gasteiger partial charge in [-0.25, -0.2) is 0 Å². The van der Waals surface area contributed by atoms with Crippen LogP contribution < -0.4 is 5.73 Å². The van der Waals surface area contributed by atoms with Gasteiger partial charge in [0.1, 0.15) is 0 Å². The van der Waals surface area contributed by atoms with E-state index < -0.39 is 0 Å². The van der Waals surface area contributed by atoms with Gasteiger partial charge in [-0.3, -0.25) is 4.99 Å². The fourth-order valence-electron chi connectivity index (χ4n) is 3.35. The highest BCUT2D eigenvalue weighted by Crippen LogP contribution is 2.27. The second-order valence-electron chi connectivity index (χ2n) is 6.69. The number of aliphatic imine (C=N–C) groups is 1. The first-order valence-corrected chi connectivity index (χ1v) is 8.67. The third-order valence-electron chi connectivity index (χ3n) is 4.75. The molecule has 2 aromatic carbocycles. The number of benzene rings is 2. The molecule has 1 fully saturated rings. The predicted molar refractivity (Wildman–Crippen MR) is 112 cm³/mol. The number of nitrogens with two attached hydrogens (primary N) is 1. The van der Waals surface area contributed by atoms with Crippen molar-refractivity contribution in [1.82, 2.24) is 0 Å². The molecule has 0 spiro atoms. The van der Waals surface area contributed by atoms with E-state index in [1.165, 1.54) is 30.4 Å². The van der Waals surface area contributed by atoms with Crippen LogP contribution in [0, 0.1) is 0 Å². The van der Waals surface area contributed by atoms with Gasteiger partial charge < -0.3 is 5.73 Å². The van der Waals surface area contributed by atoms with E-state index in [2.05, 4.69) is 60.7 Å². The molecule has 2 aromatic rings. The molecular weight excluding hydrogens is 351 g/mol. The Morgan fingerprint density at radius 1 is 0.880 bits per heavy atom. The lowest BCUT2D eigenvalue weighted by molar-refractivity contribution is 0.385. The molecule has 136 valence electrons. The summed E-state index contributed by atoms with van der Waals surface area (Å²) in [7, 11) is 0. The summed E-state index contributed by atoms with van der Waals surface area (Å²) in [5.74, 6) is 0. The van der Waals surface area contributed by atoms with E-state index in [1.54, 1.807) is 0 Å². The minimum Gasteiger partial charge on any atom is -0.321 e. The van der Waals surface area contributed by atoms with Crippen LogP contribution in [-0.2, 0) is 6.42 Å². The molecule has 4 heteroatoms. The lowest BCUT2D eigenvalue weighted by Crippen LogP contribution is -2.43. The molecular formula is C21H28Cl2N2. The predicted octanol–water partition coefficient (Wildman–Crippen LogP) is 5.55. The summed E-state index contributed by atoms with van der Waals surface area (Å²) < 4.78 is 0. The van der Waals surface area contributed by atoms with Gasteiger partial charge in [-0.15, -0.1) is 24.8 Å². The summed E-state index contributed by atoms with van der Waals surface area (Å²) in [5, 5.41) is 0. The smallest absolute Gasteiger partial charge is 0.0786 e. The van der Waals surface area contributed by atoms with Crippen molar-refractivity contribution in [2.75, 3.05) is 0 Å². The van der Waals surface area contributed by atoms with Gasteiger partial charge in [0.2, 0.25) is 0 Å². The topological polar surface area (TPSA) is 38.4 Å². The molecule has 0 heterocycles. The largest absolute Gasteiger partial charge is 0.321 e. The summed E-state index contributed by atoms with van der Waals surface area (Å²) in [6.45, 7) is 0. The van der Waals surface area contributed by atoms with Crippen LogP contribution in [0.3, 0.4) is 0 Å². The van der Waals surface area contributed by atoms with Crippen molar-refractivity contribution < 1.29 is 0 Å². The highest BCUT2D eigenvalue weighted by Gasteiger charge is 2.25. The SMILES string of the molecule is Cl.Cl.NC1(C=NC(Cc2ccccc2)c2ccccc2)CCCCC1. The van der Waals surface area contributed by atoms with Crippen LogP contribution in [0.2, 0.25) is 0 Å². The molecule has 1 unspecified atom stereocenters. The molecule has 1 saturated carbocycles. The standard InChI is InChI=1S/C21H26N2.2ClH/c22-21(14-8-3-9-15-21)17-23-20(19-12-6-2-7-13-19)16-18-10-4-1-5-11-18;;/h1-2,4-7,10-13,17,20H,3,8-9,14-16,22H2;2*1H. The average Bonchev–Trinajstić information content (AvgIpc) is 2.61.